The molecule has 0 saturated carbocycles. The summed E-state index contributed by atoms with van der Waals surface area (Å²) in [6.45, 7) is 8.09. The Morgan fingerprint density at radius 2 is 1.68 bits per heavy atom. The molecule has 3 rings (SSSR count). The molecule has 0 bridgehead atoms. The highest BCUT2D eigenvalue weighted by atomic mass is 16.5. The average Bonchev–Trinajstić information content (AvgIpc) is 2.52. The van der Waals surface area contributed by atoms with Crippen molar-refractivity contribution in [3.8, 4) is 6.19 Å². The van der Waals surface area contributed by atoms with E-state index in [1.807, 2.05) is 75.1 Å². The van der Waals surface area contributed by atoms with Crippen molar-refractivity contribution in [1.29, 1.82) is 5.26 Å². The van der Waals surface area contributed by atoms with E-state index >= 15 is 0 Å². The summed E-state index contributed by atoms with van der Waals surface area (Å²) in [5.41, 5.74) is -0.118. The molecular weight excluding hydrogens is 312 g/mol. The van der Waals surface area contributed by atoms with Crippen molar-refractivity contribution in [3.05, 3.63) is 48.0 Å². The Labute approximate surface area is 149 Å². The number of nitrogens with zero attached hydrogens (tertiary/aromatic N) is 2. The van der Waals surface area contributed by atoms with Gasteiger partial charge in [0.2, 0.25) is 0 Å². The molecule has 0 atom stereocenters. The predicted octanol–water partition coefficient (Wildman–Crippen LogP) is 4.50. The third-order valence-electron chi connectivity index (χ3n) is 5.02. The smallest absolute Gasteiger partial charge is 0.338 e. The van der Waals surface area contributed by atoms with E-state index in [0.717, 1.165) is 10.8 Å². The zero-order valence-electron chi connectivity index (χ0n) is 15.2. The van der Waals surface area contributed by atoms with Crippen molar-refractivity contribution in [2.75, 3.05) is 0 Å². The minimum absolute atomic E-state index is 0.200. The molecule has 1 aliphatic heterocycles. The summed E-state index contributed by atoms with van der Waals surface area (Å²) in [6.07, 6.45) is 3.39. The van der Waals surface area contributed by atoms with Crippen molar-refractivity contribution >= 4 is 16.7 Å². The SMILES string of the molecule is CC1(C)CC(OC(=O)c2ccc3ccccc3c2)CC(C)(C)N1C#N. The molecule has 0 spiro atoms. The van der Waals surface area contributed by atoms with Crippen LogP contribution in [0, 0.1) is 11.5 Å². The number of rotatable bonds is 2. The van der Waals surface area contributed by atoms with Gasteiger partial charge in [0.25, 0.3) is 0 Å². The highest BCUT2D eigenvalue weighted by molar-refractivity contribution is 5.95. The van der Waals surface area contributed by atoms with Crippen molar-refractivity contribution in [2.45, 2.75) is 57.7 Å². The van der Waals surface area contributed by atoms with E-state index in [1.165, 1.54) is 0 Å². The number of benzene rings is 2. The van der Waals surface area contributed by atoms with E-state index in [4.69, 9.17) is 4.74 Å². The van der Waals surface area contributed by atoms with Crippen molar-refractivity contribution in [3.63, 3.8) is 0 Å². The second kappa shape index (κ2) is 6.07. The third-order valence-corrected chi connectivity index (χ3v) is 5.02. The highest BCUT2D eigenvalue weighted by Crippen LogP contribution is 2.39. The molecule has 130 valence electrons. The van der Waals surface area contributed by atoms with Gasteiger partial charge in [-0.3, -0.25) is 4.90 Å². The maximum Gasteiger partial charge on any atom is 0.338 e. The van der Waals surface area contributed by atoms with Gasteiger partial charge in [0.15, 0.2) is 6.19 Å². The summed E-state index contributed by atoms with van der Waals surface area (Å²) < 4.78 is 5.82. The van der Waals surface area contributed by atoms with Crippen molar-refractivity contribution in [2.24, 2.45) is 0 Å². The Bertz CT molecular complexity index is 830. The Morgan fingerprint density at radius 1 is 1.08 bits per heavy atom. The fourth-order valence-electron chi connectivity index (χ4n) is 4.08. The molecule has 25 heavy (non-hydrogen) atoms. The van der Waals surface area contributed by atoms with Crippen LogP contribution in [-0.2, 0) is 4.74 Å². The quantitative estimate of drug-likeness (QED) is 0.598. The Balaban J connectivity index is 1.79. The summed E-state index contributed by atoms with van der Waals surface area (Å²) >= 11 is 0. The molecule has 2 aromatic rings. The Kier molecular flexibility index (Phi) is 4.20. The van der Waals surface area contributed by atoms with Crippen LogP contribution in [0.3, 0.4) is 0 Å². The normalized spacial score (nSPS) is 19.4. The number of carbonyl (C=O) groups is 1. The second-order valence-corrected chi connectivity index (χ2v) is 8.06. The van der Waals surface area contributed by atoms with E-state index in [2.05, 4.69) is 6.19 Å². The first-order valence-electron chi connectivity index (χ1n) is 8.63. The van der Waals surface area contributed by atoms with Crippen molar-refractivity contribution in [1.82, 2.24) is 4.90 Å². The van der Waals surface area contributed by atoms with Crippen LogP contribution < -0.4 is 0 Å². The van der Waals surface area contributed by atoms with Crippen LogP contribution >= 0.6 is 0 Å². The lowest BCUT2D eigenvalue weighted by atomic mass is 9.78. The monoisotopic (exact) mass is 336 g/mol. The highest BCUT2D eigenvalue weighted by Gasteiger charge is 2.46. The standard InChI is InChI=1S/C21H24N2O2/c1-20(2)12-18(13-21(3,4)23(20)14-22)25-19(24)17-10-9-15-7-5-6-8-16(15)11-17/h5-11,18H,12-13H2,1-4H3. The molecule has 1 saturated heterocycles. The number of fused-ring (bicyclic) bond motifs is 1. The summed E-state index contributed by atoms with van der Waals surface area (Å²) in [6, 6.07) is 13.6. The molecule has 0 aliphatic carbocycles. The van der Waals surface area contributed by atoms with Gasteiger partial charge in [-0.2, -0.15) is 5.26 Å². The molecule has 0 amide bonds. The van der Waals surface area contributed by atoms with E-state index < -0.39 is 0 Å². The van der Waals surface area contributed by atoms with Gasteiger partial charge in [-0.05, 0) is 50.6 Å². The molecular formula is C21H24N2O2. The first kappa shape index (κ1) is 17.3. The maximum absolute atomic E-state index is 12.6. The van der Waals surface area contributed by atoms with E-state index in [1.54, 1.807) is 0 Å². The van der Waals surface area contributed by atoms with Crippen LogP contribution in [0.5, 0.6) is 0 Å². The number of nitriles is 1. The number of esters is 1. The zero-order chi connectivity index (χ0) is 18.2. The number of hydrogen-bond acceptors (Lipinski definition) is 4. The minimum Gasteiger partial charge on any atom is -0.459 e. The lowest BCUT2D eigenvalue weighted by molar-refractivity contribution is -0.0573. The van der Waals surface area contributed by atoms with Crippen LogP contribution in [0.15, 0.2) is 42.5 Å². The molecule has 1 fully saturated rings. The van der Waals surface area contributed by atoms with Crippen LogP contribution in [0.4, 0.5) is 0 Å². The lowest BCUT2D eigenvalue weighted by Gasteiger charge is -2.51. The van der Waals surface area contributed by atoms with E-state index in [0.29, 0.717) is 18.4 Å². The zero-order valence-corrected chi connectivity index (χ0v) is 15.2. The summed E-state index contributed by atoms with van der Waals surface area (Å²) in [5, 5.41) is 11.6. The van der Waals surface area contributed by atoms with Gasteiger partial charge >= 0.3 is 5.97 Å². The molecule has 2 aromatic carbocycles. The van der Waals surface area contributed by atoms with Crippen LogP contribution in [0.2, 0.25) is 0 Å². The molecule has 0 radical (unpaired) electrons. The van der Waals surface area contributed by atoms with Gasteiger partial charge in [0.1, 0.15) is 6.10 Å². The molecule has 0 unspecified atom stereocenters. The number of likely N-dealkylation sites (tertiary alicyclic amines) is 1. The minimum atomic E-state index is -0.342. The molecule has 1 heterocycles. The Hall–Kier alpha value is -2.54. The maximum atomic E-state index is 12.6. The van der Waals surface area contributed by atoms with Gasteiger partial charge in [0.05, 0.1) is 5.56 Å². The van der Waals surface area contributed by atoms with Gasteiger partial charge < -0.3 is 4.74 Å². The molecule has 1 aliphatic rings. The lowest BCUT2D eigenvalue weighted by Crippen LogP contribution is -2.60. The van der Waals surface area contributed by atoms with Crippen molar-refractivity contribution < 1.29 is 9.53 Å². The Morgan fingerprint density at radius 3 is 2.28 bits per heavy atom. The predicted molar refractivity (Wildman–Crippen MR) is 98.0 cm³/mol. The summed E-state index contributed by atoms with van der Waals surface area (Å²) in [5.74, 6) is -0.298. The molecule has 4 nitrogen and oxygen atoms in total. The summed E-state index contributed by atoms with van der Waals surface area (Å²) in [4.78, 5) is 14.4. The largest absolute Gasteiger partial charge is 0.459 e. The number of ether oxygens (including phenoxy) is 1. The van der Waals surface area contributed by atoms with Crippen LogP contribution in [-0.4, -0.2) is 28.1 Å². The fourth-order valence-corrected chi connectivity index (χ4v) is 4.08. The van der Waals surface area contributed by atoms with Gasteiger partial charge in [-0.25, -0.2) is 4.79 Å². The summed E-state index contributed by atoms with van der Waals surface area (Å²) in [7, 11) is 0. The van der Waals surface area contributed by atoms with Gasteiger partial charge in [-0.1, -0.05) is 30.3 Å². The number of carbonyl (C=O) groups excluding carboxylic acids is 1. The third kappa shape index (κ3) is 3.32. The van der Waals surface area contributed by atoms with Crippen LogP contribution in [0.1, 0.15) is 50.9 Å². The first-order chi connectivity index (χ1) is 11.7. The number of hydrogen-bond donors (Lipinski definition) is 0. The first-order valence-corrected chi connectivity index (χ1v) is 8.63. The van der Waals surface area contributed by atoms with E-state index in [-0.39, 0.29) is 23.2 Å². The topological polar surface area (TPSA) is 53.3 Å². The molecule has 4 heteroatoms. The van der Waals surface area contributed by atoms with Gasteiger partial charge in [-0.15, -0.1) is 0 Å². The van der Waals surface area contributed by atoms with Crippen LogP contribution in [0.25, 0.3) is 10.8 Å². The van der Waals surface area contributed by atoms with Gasteiger partial charge in [0, 0.05) is 23.9 Å². The van der Waals surface area contributed by atoms with E-state index in [9.17, 15) is 10.1 Å². The molecule has 0 N–H and O–H groups in total. The second-order valence-electron chi connectivity index (χ2n) is 8.06. The number of piperidine rings is 1. The average molecular weight is 336 g/mol. The molecule has 0 aromatic heterocycles. The fraction of sp³-hybridized carbons (Fsp3) is 0.429.